The van der Waals surface area contributed by atoms with Crippen LogP contribution in [-0.2, 0) is 4.74 Å². The second kappa shape index (κ2) is 6.60. The van der Waals surface area contributed by atoms with Gasteiger partial charge >= 0.3 is 6.09 Å². The van der Waals surface area contributed by atoms with Gasteiger partial charge in [-0.1, -0.05) is 0 Å². The molecule has 3 aliphatic heterocycles. The molecule has 3 aliphatic rings. The Morgan fingerprint density at radius 1 is 1.17 bits per heavy atom. The van der Waals surface area contributed by atoms with Gasteiger partial charge in [0.1, 0.15) is 5.60 Å². The van der Waals surface area contributed by atoms with Crippen molar-refractivity contribution in [1.29, 1.82) is 0 Å². The molecule has 3 fully saturated rings. The number of nitrogens with zero attached hydrogens (tertiary/aromatic N) is 2. The fraction of sp³-hybridized carbons (Fsp3) is 0.944. The molecule has 0 aliphatic carbocycles. The van der Waals surface area contributed by atoms with Crippen LogP contribution in [0.2, 0.25) is 0 Å². The van der Waals surface area contributed by atoms with Crippen molar-refractivity contribution in [2.75, 3.05) is 45.8 Å². The zero-order valence-corrected chi connectivity index (χ0v) is 15.1. The highest BCUT2D eigenvalue weighted by Crippen LogP contribution is 2.40. The topological polar surface area (TPSA) is 44.8 Å². The largest absolute Gasteiger partial charge is 0.444 e. The number of carbonyl (C=O) groups excluding carboxylic acids is 1. The number of rotatable bonds is 2. The molecule has 23 heavy (non-hydrogen) atoms. The number of hydrogen-bond donors (Lipinski definition) is 1. The number of piperidine rings is 1. The summed E-state index contributed by atoms with van der Waals surface area (Å²) in [6.45, 7) is 13.5. The lowest BCUT2D eigenvalue weighted by atomic mass is 9.86. The number of hydrogen-bond acceptors (Lipinski definition) is 4. The molecule has 0 saturated carbocycles. The molecule has 5 heteroatoms. The van der Waals surface area contributed by atoms with E-state index >= 15 is 0 Å². The third-order valence-electron chi connectivity index (χ3n) is 5.58. The quantitative estimate of drug-likeness (QED) is 0.847. The van der Waals surface area contributed by atoms with E-state index in [0.29, 0.717) is 5.41 Å². The fourth-order valence-electron chi connectivity index (χ4n) is 4.36. The number of carbonyl (C=O) groups is 1. The summed E-state index contributed by atoms with van der Waals surface area (Å²) in [6, 6.07) is 0. The van der Waals surface area contributed by atoms with Crippen molar-refractivity contribution in [2.45, 2.75) is 52.1 Å². The van der Waals surface area contributed by atoms with Gasteiger partial charge in [0.2, 0.25) is 0 Å². The zero-order chi connectivity index (χ0) is 16.5. The first-order valence-electron chi connectivity index (χ1n) is 9.26. The lowest BCUT2D eigenvalue weighted by Crippen LogP contribution is -2.39. The molecule has 0 radical (unpaired) electrons. The first-order valence-corrected chi connectivity index (χ1v) is 9.26. The van der Waals surface area contributed by atoms with Crippen LogP contribution in [-0.4, -0.2) is 67.3 Å². The summed E-state index contributed by atoms with van der Waals surface area (Å²) < 4.78 is 5.54. The zero-order valence-electron chi connectivity index (χ0n) is 15.1. The average Bonchev–Trinajstić information content (AvgIpc) is 3.06. The summed E-state index contributed by atoms with van der Waals surface area (Å²) in [4.78, 5) is 16.9. The molecule has 1 spiro atoms. The molecule has 1 amide bonds. The minimum atomic E-state index is -0.399. The van der Waals surface area contributed by atoms with E-state index in [1.54, 1.807) is 0 Å². The Kier molecular flexibility index (Phi) is 4.88. The molecule has 1 N–H and O–H groups in total. The van der Waals surface area contributed by atoms with Crippen molar-refractivity contribution in [3.05, 3.63) is 0 Å². The van der Waals surface area contributed by atoms with Crippen LogP contribution in [0.25, 0.3) is 0 Å². The van der Waals surface area contributed by atoms with Gasteiger partial charge in [-0.25, -0.2) is 4.79 Å². The van der Waals surface area contributed by atoms with Crippen LogP contribution in [0.15, 0.2) is 0 Å². The lowest BCUT2D eigenvalue weighted by Gasteiger charge is -2.29. The highest BCUT2D eigenvalue weighted by Gasteiger charge is 2.45. The van der Waals surface area contributed by atoms with Crippen LogP contribution in [0.5, 0.6) is 0 Å². The van der Waals surface area contributed by atoms with Crippen LogP contribution < -0.4 is 5.32 Å². The van der Waals surface area contributed by atoms with Gasteiger partial charge in [0.05, 0.1) is 0 Å². The van der Waals surface area contributed by atoms with Gasteiger partial charge in [-0.3, -0.25) is 0 Å². The highest BCUT2D eigenvalue weighted by molar-refractivity contribution is 5.68. The van der Waals surface area contributed by atoms with E-state index in [1.165, 1.54) is 45.4 Å². The van der Waals surface area contributed by atoms with E-state index in [2.05, 4.69) is 10.2 Å². The van der Waals surface area contributed by atoms with Crippen molar-refractivity contribution < 1.29 is 9.53 Å². The monoisotopic (exact) mass is 323 g/mol. The normalized spacial score (nSPS) is 30.3. The van der Waals surface area contributed by atoms with Crippen LogP contribution in [0.4, 0.5) is 4.79 Å². The predicted octanol–water partition coefficient (Wildman–Crippen LogP) is 2.32. The second-order valence-corrected chi connectivity index (χ2v) is 8.83. The van der Waals surface area contributed by atoms with Crippen molar-refractivity contribution in [3.63, 3.8) is 0 Å². The van der Waals surface area contributed by atoms with Gasteiger partial charge in [-0.15, -0.1) is 0 Å². The predicted molar refractivity (Wildman–Crippen MR) is 91.5 cm³/mol. The molecule has 3 saturated heterocycles. The maximum absolute atomic E-state index is 12.3. The van der Waals surface area contributed by atoms with Gasteiger partial charge in [0.25, 0.3) is 0 Å². The summed E-state index contributed by atoms with van der Waals surface area (Å²) in [5, 5.41) is 3.45. The standard InChI is InChI=1S/C18H33N3O2/c1-17(2,3)23-16(22)21-11-7-18(14-21)6-10-20(13-18)12-15-4-8-19-9-5-15/h15,19H,4-14H2,1-3H3. The van der Waals surface area contributed by atoms with E-state index in [9.17, 15) is 4.79 Å². The number of nitrogens with one attached hydrogen (secondary N) is 1. The van der Waals surface area contributed by atoms with Crippen molar-refractivity contribution in [2.24, 2.45) is 11.3 Å². The lowest BCUT2D eigenvalue weighted by molar-refractivity contribution is 0.0273. The van der Waals surface area contributed by atoms with Crippen molar-refractivity contribution in [3.8, 4) is 0 Å². The molecule has 0 aromatic rings. The van der Waals surface area contributed by atoms with E-state index in [4.69, 9.17) is 4.74 Å². The Bertz CT molecular complexity index is 428. The van der Waals surface area contributed by atoms with Gasteiger partial charge in [-0.05, 0) is 72.0 Å². The van der Waals surface area contributed by atoms with Crippen LogP contribution in [0.1, 0.15) is 46.5 Å². The van der Waals surface area contributed by atoms with E-state index in [-0.39, 0.29) is 6.09 Å². The summed E-state index contributed by atoms with van der Waals surface area (Å²) in [5.41, 5.74) is -0.0760. The van der Waals surface area contributed by atoms with Gasteiger partial charge in [0.15, 0.2) is 0 Å². The van der Waals surface area contributed by atoms with Crippen LogP contribution >= 0.6 is 0 Å². The van der Waals surface area contributed by atoms with Crippen LogP contribution in [0.3, 0.4) is 0 Å². The molecule has 132 valence electrons. The highest BCUT2D eigenvalue weighted by atomic mass is 16.6. The second-order valence-electron chi connectivity index (χ2n) is 8.83. The Balaban J connectivity index is 1.49. The molecule has 5 nitrogen and oxygen atoms in total. The first kappa shape index (κ1) is 17.0. The Morgan fingerprint density at radius 3 is 2.57 bits per heavy atom. The fourth-order valence-corrected chi connectivity index (χ4v) is 4.36. The van der Waals surface area contributed by atoms with E-state index in [1.807, 2.05) is 25.7 Å². The Morgan fingerprint density at radius 2 is 1.87 bits per heavy atom. The van der Waals surface area contributed by atoms with E-state index < -0.39 is 5.60 Å². The maximum atomic E-state index is 12.3. The average molecular weight is 323 g/mol. The summed E-state index contributed by atoms with van der Waals surface area (Å²) in [5.74, 6) is 0.856. The third-order valence-corrected chi connectivity index (χ3v) is 5.58. The van der Waals surface area contributed by atoms with Gasteiger partial charge < -0.3 is 19.9 Å². The summed E-state index contributed by atoms with van der Waals surface area (Å²) >= 11 is 0. The smallest absolute Gasteiger partial charge is 0.410 e. The Hall–Kier alpha value is -0.810. The Labute approximate surface area is 140 Å². The molecule has 1 atom stereocenters. The maximum Gasteiger partial charge on any atom is 0.410 e. The summed E-state index contributed by atoms with van der Waals surface area (Å²) in [6.07, 6.45) is 4.86. The van der Waals surface area contributed by atoms with Crippen LogP contribution in [0, 0.1) is 11.3 Å². The third kappa shape index (κ3) is 4.38. The molecule has 3 heterocycles. The molecule has 3 rings (SSSR count). The minimum absolute atomic E-state index is 0.133. The van der Waals surface area contributed by atoms with Crippen molar-refractivity contribution in [1.82, 2.24) is 15.1 Å². The molecule has 0 aromatic carbocycles. The number of ether oxygens (including phenoxy) is 1. The molecule has 0 aromatic heterocycles. The van der Waals surface area contributed by atoms with Gasteiger partial charge in [0, 0.05) is 31.6 Å². The minimum Gasteiger partial charge on any atom is -0.444 e. The van der Waals surface area contributed by atoms with Gasteiger partial charge in [-0.2, -0.15) is 0 Å². The number of amides is 1. The molecular weight excluding hydrogens is 290 g/mol. The molecule has 1 unspecified atom stereocenters. The first-order chi connectivity index (χ1) is 10.9. The van der Waals surface area contributed by atoms with Crippen molar-refractivity contribution >= 4 is 6.09 Å². The van der Waals surface area contributed by atoms with E-state index in [0.717, 1.165) is 32.0 Å². The summed E-state index contributed by atoms with van der Waals surface area (Å²) in [7, 11) is 0. The molecule has 0 bridgehead atoms. The molecular formula is C18H33N3O2. The number of likely N-dealkylation sites (tertiary alicyclic amines) is 2. The SMILES string of the molecule is CC(C)(C)OC(=O)N1CCC2(CCN(CC3CCNCC3)C2)C1.